The summed E-state index contributed by atoms with van der Waals surface area (Å²) >= 11 is 0. The fourth-order valence-electron chi connectivity index (χ4n) is 3.53. The van der Waals surface area contributed by atoms with Crippen LogP contribution in [0.15, 0.2) is 66.9 Å². The van der Waals surface area contributed by atoms with E-state index in [1.807, 2.05) is 30.3 Å². The predicted octanol–water partition coefficient (Wildman–Crippen LogP) is 3.10. The van der Waals surface area contributed by atoms with Crippen molar-refractivity contribution in [2.75, 3.05) is 26.4 Å². The zero-order chi connectivity index (χ0) is 21.3. The zero-order valence-electron chi connectivity index (χ0n) is 17.5. The van der Waals surface area contributed by atoms with E-state index in [0.717, 1.165) is 30.1 Å². The topological polar surface area (TPSA) is 72.5 Å². The summed E-state index contributed by atoms with van der Waals surface area (Å²) in [5, 5.41) is 6.34. The van der Waals surface area contributed by atoms with Gasteiger partial charge in [0.2, 0.25) is 0 Å². The number of amides is 1. The van der Waals surface area contributed by atoms with Gasteiger partial charge in [-0.15, -0.1) is 0 Å². The number of aromatic nitrogens is 1. The van der Waals surface area contributed by atoms with Crippen LogP contribution >= 0.6 is 0 Å². The summed E-state index contributed by atoms with van der Waals surface area (Å²) in [5.41, 5.74) is 4.81. The van der Waals surface area contributed by atoms with Gasteiger partial charge < -0.3 is 20.1 Å². The maximum absolute atomic E-state index is 12.7. The van der Waals surface area contributed by atoms with E-state index in [1.165, 1.54) is 11.1 Å². The van der Waals surface area contributed by atoms with E-state index in [4.69, 9.17) is 9.47 Å². The molecule has 6 heteroatoms. The highest BCUT2D eigenvalue weighted by atomic mass is 16.5. The largest absolute Gasteiger partial charge is 0.491 e. The number of carbonyl (C=O) groups excluding carboxylic acids is 1. The van der Waals surface area contributed by atoms with Crippen LogP contribution in [0.25, 0.3) is 0 Å². The lowest BCUT2D eigenvalue weighted by Gasteiger charge is -2.15. The molecule has 0 aliphatic carbocycles. The Bertz CT molecular complexity index is 1010. The maximum Gasteiger partial charge on any atom is 0.251 e. The number of nitrogens with one attached hydrogen (secondary N) is 2. The number of ether oxygens (including phenoxy) is 2. The Morgan fingerprint density at radius 1 is 1.00 bits per heavy atom. The number of hydrogen-bond acceptors (Lipinski definition) is 5. The molecular formula is C25H27N3O3. The molecule has 1 amide bonds. The Hall–Kier alpha value is -3.22. The van der Waals surface area contributed by atoms with Crippen molar-refractivity contribution in [1.29, 1.82) is 0 Å². The molecule has 3 aromatic rings. The van der Waals surface area contributed by atoms with Gasteiger partial charge in [0.1, 0.15) is 12.4 Å². The molecule has 6 nitrogen and oxygen atoms in total. The molecule has 1 aromatic heterocycles. The average Bonchev–Trinajstić information content (AvgIpc) is 2.80. The van der Waals surface area contributed by atoms with Gasteiger partial charge in [-0.2, -0.15) is 0 Å². The number of rotatable bonds is 3. The molecule has 1 aliphatic rings. The molecule has 2 N–H and O–H groups in total. The van der Waals surface area contributed by atoms with Gasteiger partial charge in [-0.05, 0) is 47.0 Å². The smallest absolute Gasteiger partial charge is 0.251 e. The van der Waals surface area contributed by atoms with Crippen LogP contribution in [0.4, 0.5) is 0 Å². The minimum absolute atomic E-state index is 0.130. The molecule has 1 aliphatic heterocycles. The van der Waals surface area contributed by atoms with Crippen LogP contribution in [0, 0.1) is 0 Å². The molecule has 0 saturated heterocycles. The van der Waals surface area contributed by atoms with Gasteiger partial charge in [0, 0.05) is 31.3 Å². The number of nitrogens with zero attached hydrogens (tertiary/aromatic N) is 1. The van der Waals surface area contributed by atoms with Crippen LogP contribution < -0.4 is 15.4 Å². The third kappa shape index (κ3) is 6.13. The Morgan fingerprint density at radius 3 is 2.84 bits per heavy atom. The molecule has 0 unspecified atom stereocenters. The third-order valence-electron chi connectivity index (χ3n) is 5.10. The van der Waals surface area contributed by atoms with E-state index in [9.17, 15) is 4.79 Å². The van der Waals surface area contributed by atoms with E-state index in [-0.39, 0.29) is 5.91 Å². The summed E-state index contributed by atoms with van der Waals surface area (Å²) in [7, 11) is 0. The van der Waals surface area contributed by atoms with Crippen LogP contribution in [-0.2, 0) is 24.2 Å². The normalized spacial score (nSPS) is 14.6. The number of hydrogen-bond donors (Lipinski definition) is 2. The summed E-state index contributed by atoms with van der Waals surface area (Å²) in [5.74, 6) is 0.652. The van der Waals surface area contributed by atoms with Crippen molar-refractivity contribution in [3.05, 3.63) is 94.8 Å². The van der Waals surface area contributed by atoms with Crippen molar-refractivity contribution in [3.8, 4) is 5.75 Å². The standard InChI is InChI=1S/C25H27N3O3/c29-25(28-18-23-6-1-2-9-27-23)21-7-8-24-22(16-21)15-19-4-3-5-20(14-19)17-26-10-11-30-12-13-31-24/h1-9,14,16,26H,10-13,15,17-18H2,(H,28,29). The molecule has 2 bridgehead atoms. The molecule has 0 radical (unpaired) electrons. The van der Waals surface area contributed by atoms with Gasteiger partial charge in [0.25, 0.3) is 5.91 Å². The van der Waals surface area contributed by atoms with Crippen molar-refractivity contribution in [1.82, 2.24) is 15.6 Å². The van der Waals surface area contributed by atoms with Crippen LogP contribution in [0.2, 0.25) is 0 Å². The third-order valence-corrected chi connectivity index (χ3v) is 5.10. The van der Waals surface area contributed by atoms with Gasteiger partial charge in [0.05, 0.1) is 25.5 Å². The second-order valence-electron chi connectivity index (χ2n) is 7.46. The molecule has 2 aromatic carbocycles. The van der Waals surface area contributed by atoms with Crippen LogP contribution in [0.1, 0.15) is 32.7 Å². The van der Waals surface area contributed by atoms with Gasteiger partial charge in [-0.1, -0.05) is 30.3 Å². The minimum Gasteiger partial charge on any atom is -0.491 e. The number of fused-ring (bicyclic) bond motifs is 3. The lowest BCUT2D eigenvalue weighted by atomic mass is 9.99. The quantitative estimate of drug-likeness (QED) is 0.685. The van der Waals surface area contributed by atoms with E-state index in [2.05, 4.69) is 39.9 Å². The lowest BCUT2D eigenvalue weighted by molar-refractivity contribution is 0.0949. The molecular weight excluding hydrogens is 390 g/mol. The minimum atomic E-state index is -0.130. The summed E-state index contributed by atoms with van der Waals surface area (Å²) in [6.07, 6.45) is 2.41. The van der Waals surface area contributed by atoms with Gasteiger partial charge in [-0.25, -0.2) is 0 Å². The first-order valence-electron chi connectivity index (χ1n) is 10.6. The van der Waals surface area contributed by atoms with Crippen LogP contribution in [0.5, 0.6) is 5.75 Å². The second kappa shape index (κ2) is 10.7. The number of benzene rings is 2. The fraction of sp³-hybridized carbons (Fsp3) is 0.280. The first-order chi connectivity index (χ1) is 15.3. The number of pyridine rings is 1. The van der Waals surface area contributed by atoms with Gasteiger partial charge in [0.15, 0.2) is 0 Å². The average molecular weight is 418 g/mol. The summed E-state index contributed by atoms with van der Waals surface area (Å²) in [6.45, 7) is 3.64. The molecule has 4 rings (SSSR count). The monoisotopic (exact) mass is 417 g/mol. The van der Waals surface area contributed by atoms with Crippen molar-refractivity contribution < 1.29 is 14.3 Å². The Balaban J connectivity index is 1.54. The van der Waals surface area contributed by atoms with Crippen molar-refractivity contribution in [2.45, 2.75) is 19.5 Å². The number of carbonyl (C=O) groups is 1. The van der Waals surface area contributed by atoms with E-state index < -0.39 is 0 Å². The van der Waals surface area contributed by atoms with Crippen LogP contribution in [0.3, 0.4) is 0 Å². The summed E-state index contributed by atoms with van der Waals surface area (Å²) < 4.78 is 11.6. The zero-order valence-corrected chi connectivity index (χ0v) is 17.5. The highest BCUT2D eigenvalue weighted by Crippen LogP contribution is 2.24. The second-order valence-corrected chi connectivity index (χ2v) is 7.46. The molecule has 0 fully saturated rings. The fourth-order valence-corrected chi connectivity index (χ4v) is 3.53. The Labute approximate surface area is 182 Å². The maximum atomic E-state index is 12.7. The summed E-state index contributed by atoms with van der Waals surface area (Å²) in [6, 6.07) is 19.7. The molecule has 2 heterocycles. The summed E-state index contributed by atoms with van der Waals surface area (Å²) in [4.78, 5) is 17.0. The van der Waals surface area contributed by atoms with Gasteiger partial charge >= 0.3 is 0 Å². The predicted molar refractivity (Wildman–Crippen MR) is 119 cm³/mol. The highest BCUT2D eigenvalue weighted by Gasteiger charge is 2.12. The molecule has 31 heavy (non-hydrogen) atoms. The molecule has 160 valence electrons. The van der Waals surface area contributed by atoms with Crippen LogP contribution in [-0.4, -0.2) is 37.3 Å². The van der Waals surface area contributed by atoms with E-state index in [0.29, 0.717) is 38.3 Å². The van der Waals surface area contributed by atoms with E-state index in [1.54, 1.807) is 12.3 Å². The highest BCUT2D eigenvalue weighted by molar-refractivity contribution is 5.94. The van der Waals surface area contributed by atoms with Crippen molar-refractivity contribution in [2.24, 2.45) is 0 Å². The SMILES string of the molecule is O=C(NCc1ccccn1)c1ccc2c(c1)Cc1cccc(c1)CNCCOCCO2. The Kier molecular flexibility index (Phi) is 7.26. The van der Waals surface area contributed by atoms with Crippen molar-refractivity contribution >= 4 is 5.91 Å². The van der Waals surface area contributed by atoms with Crippen molar-refractivity contribution in [3.63, 3.8) is 0 Å². The molecule has 0 atom stereocenters. The molecule has 0 saturated carbocycles. The molecule has 0 spiro atoms. The lowest BCUT2D eigenvalue weighted by Crippen LogP contribution is -2.23. The Morgan fingerprint density at radius 2 is 1.94 bits per heavy atom. The first kappa shape index (κ1) is 21.0. The van der Waals surface area contributed by atoms with Gasteiger partial charge in [-0.3, -0.25) is 9.78 Å². The van der Waals surface area contributed by atoms with E-state index >= 15 is 0 Å². The first-order valence-corrected chi connectivity index (χ1v) is 10.6.